The zero-order chi connectivity index (χ0) is 23.2. The van der Waals surface area contributed by atoms with Crippen molar-refractivity contribution >= 4 is 22.8 Å². The van der Waals surface area contributed by atoms with Crippen molar-refractivity contribution in [1.82, 2.24) is 16.0 Å². The smallest absolute Gasteiger partial charge is 0.287 e. The van der Waals surface area contributed by atoms with Crippen molar-refractivity contribution in [2.45, 2.75) is 50.6 Å². The molecule has 1 saturated heterocycles. The Morgan fingerprint density at radius 2 is 2.03 bits per heavy atom. The van der Waals surface area contributed by atoms with Crippen molar-refractivity contribution < 1.29 is 23.1 Å². The Kier molecular flexibility index (Phi) is 7.57. The molecule has 1 aromatic heterocycles. The molecule has 0 bridgehead atoms. The summed E-state index contributed by atoms with van der Waals surface area (Å²) in [5, 5.41) is 18.8. The minimum Gasteiger partial charge on any atom is -0.451 e. The van der Waals surface area contributed by atoms with Crippen LogP contribution in [0.1, 0.15) is 49.1 Å². The molecule has 4 rings (SSSR count). The normalized spacial score (nSPS) is 20.8. The van der Waals surface area contributed by atoms with Crippen LogP contribution in [0.15, 0.2) is 28.7 Å². The summed E-state index contributed by atoms with van der Waals surface area (Å²) in [4.78, 5) is 25.8. The zero-order valence-electron chi connectivity index (χ0n) is 18.4. The molecule has 3 atom stereocenters. The molecule has 0 unspecified atom stereocenters. The Morgan fingerprint density at radius 3 is 2.82 bits per heavy atom. The number of furan rings is 1. The maximum Gasteiger partial charge on any atom is 0.287 e. The summed E-state index contributed by atoms with van der Waals surface area (Å²) >= 11 is 0. The lowest BCUT2D eigenvalue weighted by Gasteiger charge is -2.24. The molecule has 1 saturated carbocycles. The summed E-state index contributed by atoms with van der Waals surface area (Å²) in [6.07, 6.45) is 4.93. The Hall–Kier alpha value is -2.96. The summed E-state index contributed by atoms with van der Waals surface area (Å²) in [5.41, 5.74) is 0.394. The molecule has 2 aromatic rings. The predicted molar refractivity (Wildman–Crippen MR) is 118 cm³/mol. The number of ether oxygens (including phenoxy) is 1. The van der Waals surface area contributed by atoms with Crippen LogP contribution in [0.2, 0.25) is 0 Å². The summed E-state index contributed by atoms with van der Waals surface area (Å²) in [7, 11) is 0. The van der Waals surface area contributed by atoms with Crippen molar-refractivity contribution in [3.63, 3.8) is 0 Å². The average molecular weight is 457 g/mol. The van der Waals surface area contributed by atoms with Crippen LogP contribution in [-0.4, -0.2) is 43.8 Å². The molecule has 8 nitrogen and oxygen atoms in total. The predicted octanol–water partition coefficient (Wildman–Crippen LogP) is 2.84. The highest BCUT2D eigenvalue weighted by Crippen LogP contribution is 2.33. The fourth-order valence-electron chi connectivity index (χ4n) is 4.18. The number of nitrogens with one attached hydrogen (secondary N) is 3. The first-order valence-electron chi connectivity index (χ1n) is 11.5. The van der Waals surface area contributed by atoms with Gasteiger partial charge in [-0.2, -0.15) is 5.26 Å². The molecule has 176 valence electrons. The molecule has 0 spiro atoms. The van der Waals surface area contributed by atoms with Crippen LogP contribution < -0.4 is 16.0 Å². The van der Waals surface area contributed by atoms with Crippen LogP contribution in [0.25, 0.3) is 11.0 Å². The van der Waals surface area contributed by atoms with Crippen LogP contribution >= 0.6 is 0 Å². The molecule has 0 radical (unpaired) electrons. The summed E-state index contributed by atoms with van der Waals surface area (Å²) in [5.74, 6) is -0.766. The second-order valence-electron chi connectivity index (χ2n) is 8.95. The number of halogens is 1. The van der Waals surface area contributed by atoms with Gasteiger partial charge in [0.1, 0.15) is 23.5 Å². The summed E-state index contributed by atoms with van der Waals surface area (Å²) in [6, 6.07) is 6.21. The Balaban J connectivity index is 1.39. The Bertz CT molecular complexity index is 1020. The lowest BCUT2D eigenvalue weighted by molar-refractivity contribution is -0.123. The third-order valence-electron chi connectivity index (χ3n) is 6.15. The molecule has 33 heavy (non-hydrogen) atoms. The third kappa shape index (κ3) is 6.53. The largest absolute Gasteiger partial charge is 0.451 e. The second-order valence-corrected chi connectivity index (χ2v) is 8.95. The SMILES string of the molecule is N#C[C@H](C[C@@H]1CCCNCOC1)NC(=O)[C@H](CC1CC1)NC(=O)c1cc2cc(F)ccc2o1. The third-order valence-corrected chi connectivity index (χ3v) is 6.15. The Labute approximate surface area is 191 Å². The zero-order valence-corrected chi connectivity index (χ0v) is 18.4. The van der Waals surface area contributed by atoms with E-state index in [1.807, 2.05) is 0 Å². The van der Waals surface area contributed by atoms with Crippen molar-refractivity contribution in [2.75, 3.05) is 19.9 Å². The molecule has 3 N–H and O–H groups in total. The molecule has 2 amide bonds. The highest BCUT2D eigenvalue weighted by molar-refractivity contribution is 5.98. The van der Waals surface area contributed by atoms with E-state index in [1.54, 1.807) is 0 Å². The van der Waals surface area contributed by atoms with E-state index in [0.29, 0.717) is 43.1 Å². The van der Waals surface area contributed by atoms with E-state index in [1.165, 1.54) is 24.3 Å². The van der Waals surface area contributed by atoms with E-state index >= 15 is 0 Å². The number of hydrogen-bond donors (Lipinski definition) is 3. The fourth-order valence-corrected chi connectivity index (χ4v) is 4.18. The number of hydrogen-bond acceptors (Lipinski definition) is 6. The highest BCUT2D eigenvalue weighted by atomic mass is 19.1. The maximum absolute atomic E-state index is 13.4. The first-order chi connectivity index (χ1) is 16.0. The van der Waals surface area contributed by atoms with Gasteiger partial charge in [-0.05, 0) is 68.3 Å². The molecular formula is C24H29FN4O4. The Morgan fingerprint density at radius 1 is 1.18 bits per heavy atom. The first kappa shape index (κ1) is 23.2. The van der Waals surface area contributed by atoms with Crippen LogP contribution in [0.4, 0.5) is 4.39 Å². The molecule has 2 aliphatic rings. The average Bonchev–Trinajstić information content (AvgIpc) is 3.49. The number of nitrogens with zero attached hydrogens (tertiary/aromatic N) is 1. The fraction of sp³-hybridized carbons (Fsp3) is 0.542. The van der Waals surface area contributed by atoms with Gasteiger partial charge < -0.3 is 19.8 Å². The van der Waals surface area contributed by atoms with Crippen molar-refractivity contribution in [2.24, 2.45) is 11.8 Å². The lowest BCUT2D eigenvalue weighted by Crippen LogP contribution is -2.50. The van der Waals surface area contributed by atoms with E-state index in [4.69, 9.17) is 9.15 Å². The van der Waals surface area contributed by atoms with Crippen LogP contribution in [-0.2, 0) is 9.53 Å². The number of fused-ring (bicyclic) bond motifs is 1. The van der Waals surface area contributed by atoms with Crippen molar-refractivity contribution in [1.29, 1.82) is 5.26 Å². The van der Waals surface area contributed by atoms with Gasteiger partial charge >= 0.3 is 0 Å². The van der Waals surface area contributed by atoms with Gasteiger partial charge in [-0.25, -0.2) is 4.39 Å². The molecule has 2 heterocycles. The summed E-state index contributed by atoms with van der Waals surface area (Å²) < 4.78 is 24.5. The number of amides is 2. The molecular weight excluding hydrogens is 427 g/mol. The first-order valence-corrected chi connectivity index (χ1v) is 11.5. The van der Waals surface area contributed by atoms with Gasteiger partial charge in [0, 0.05) is 5.39 Å². The number of carbonyl (C=O) groups excluding carboxylic acids is 2. The molecule has 1 aromatic carbocycles. The van der Waals surface area contributed by atoms with Gasteiger partial charge in [-0.15, -0.1) is 0 Å². The van der Waals surface area contributed by atoms with E-state index in [9.17, 15) is 19.2 Å². The maximum atomic E-state index is 13.4. The number of rotatable bonds is 8. The van der Waals surface area contributed by atoms with Gasteiger partial charge in [-0.1, -0.05) is 12.8 Å². The van der Waals surface area contributed by atoms with E-state index in [2.05, 4.69) is 22.0 Å². The van der Waals surface area contributed by atoms with Gasteiger partial charge in [0.15, 0.2) is 5.76 Å². The summed E-state index contributed by atoms with van der Waals surface area (Å²) in [6.45, 7) is 1.89. The number of benzene rings is 1. The molecule has 9 heteroatoms. The molecule has 1 aliphatic carbocycles. The van der Waals surface area contributed by atoms with Gasteiger partial charge in [0.25, 0.3) is 5.91 Å². The standard InChI is InChI=1S/C24H29FN4O4/c25-18-5-6-21-17(10-18)11-22(33-21)24(31)29-20(9-15-3-4-15)23(30)28-19(12-26)8-16-2-1-7-27-14-32-13-16/h5-6,10-11,15-16,19-20,27H,1-4,7-9,13-14H2,(H,28,30)(H,29,31)/t16-,19-,20-/m0/s1. The van der Waals surface area contributed by atoms with E-state index in [-0.39, 0.29) is 17.6 Å². The minimum atomic E-state index is -0.774. The van der Waals surface area contributed by atoms with Gasteiger partial charge in [0.2, 0.25) is 5.91 Å². The lowest BCUT2D eigenvalue weighted by atomic mass is 9.95. The van der Waals surface area contributed by atoms with Gasteiger partial charge in [0.05, 0.1) is 19.4 Å². The quantitative estimate of drug-likeness (QED) is 0.563. The van der Waals surface area contributed by atoms with Crippen LogP contribution in [0.3, 0.4) is 0 Å². The molecule has 1 aliphatic heterocycles. The van der Waals surface area contributed by atoms with E-state index in [0.717, 1.165) is 32.2 Å². The van der Waals surface area contributed by atoms with Crippen molar-refractivity contribution in [3.05, 3.63) is 35.8 Å². The van der Waals surface area contributed by atoms with Crippen molar-refractivity contribution in [3.8, 4) is 6.07 Å². The van der Waals surface area contributed by atoms with Gasteiger partial charge in [-0.3, -0.25) is 14.9 Å². The highest BCUT2D eigenvalue weighted by Gasteiger charge is 2.32. The number of nitriles is 1. The van der Waals surface area contributed by atoms with Crippen LogP contribution in [0.5, 0.6) is 0 Å². The minimum absolute atomic E-state index is 0.0151. The second kappa shape index (κ2) is 10.8. The topological polar surface area (TPSA) is 116 Å². The molecule has 2 fully saturated rings. The van der Waals surface area contributed by atoms with Crippen LogP contribution in [0, 0.1) is 29.0 Å². The number of carbonyl (C=O) groups is 2. The monoisotopic (exact) mass is 456 g/mol. The van der Waals surface area contributed by atoms with E-state index < -0.39 is 23.8 Å².